The Morgan fingerprint density at radius 3 is 2.81 bits per heavy atom. The first-order chi connectivity index (χ1) is 10.4. The number of hydrazine groups is 1. The van der Waals surface area contributed by atoms with Crippen LogP contribution in [-0.4, -0.2) is 29.5 Å². The van der Waals surface area contributed by atoms with Crippen molar-refractivity contribution in [1.82, 2.24) is 15.3 Å². The van der Waals surface area contributed by atoms with Crippen LogP contribution in [0.4, 0.5) is 0 Å². The van der Waals surface area contributed by atoms with Crippen molar-refractivity contribution >= 4 is 0 Å². The molecule has 21 heavy (non-hydrogen) atoms. The summed E-state index contributed by atoms with van der Waals surface area (Å²) in [5.41, 5.74) is 5.73. The quantitative estimate of drug-likeness (QED) is 0.898. The Kier molecular flexibility index (Phi) is 3.22. The normalized spacial score (nSPS) is 20.6. The molecule has 0 spiro atoms. The average Bonchev–Trinajstić information content (AvgIpc) is 3.23. The van der Waals surface area contributed by atoms with Crippen molar-refractivity contribution in [2.75, 3.05) is 19.6 Å². The van der Waals surface area contributed by atoms with Crippen LogP contribution in [0.1, 0.15) is 18.4 Å². The average molecular weight is 283 g/mol. The summed E-state index contributed by atoms with van der Waals surface area (Å²) < 4.78 is 5.86. The predicted molar refractivity (Wildman–Crippen MR) is 81.5 cm³/mol. The van der Waals surface area contributed by atoms with Gasteiger partial charge in [-0.05, 0) is 24.3 Å². The minimum atomic E-state index is 0.604. The lowest BCUT2D eigenvalue weighted by Crippen LogP contribution is -2.42. The van der Waals surface area contributed by atoms with Crippen molar-refractivity contribution in [3.05, 3.63) is 59.8 Å². The van der Waals surface area contributed by atoms with Crippen LogP contribution in [0.2, 0.25) is 0 Å². The first-order valence-electron chi connectivity index (χ1n) is 7.75. The van der Waals surface area contributed by atoms with Crippen molar-refractivity contribution in [2.24, 2.45) is 5.92 Å². The Balaban J connectivity index is 1.37. The van der Waals surface area contributed by atoms with E-state index < -0.39 is 0 Å². The standard InChI is InChI=1S/C17H21N3O/c1-2-4-15(5-3-1)13-21-17-10-16-12-19(11-14-6-7-14)8-9-20(16)18-17/h1-5,10,12,14,18H,6-9,11,13H2. The smallest absolute Gasteiger partial charge is 0.208 e. The predicted octanol–water partition coefficient (Wildman–Crippen LogP) is 2.43. The van der Waals surface area contributed by atoms with Crippen LogP contribution in [0.15, 0.2) is 54.2 Å². The third-order valence-electron chi connectivity index (χ3n) is 4.19. The van der Waals surface area contributed by atoms with Crippen molar-refractivity contribution < 1.29 is 4.74 Å². The van der Waals surface area contributed by atoms with Crippen molar-refractivity contribution in [3.63, 3.8) is 0 Å². The zero-order chi connectivity index (χ0) is 14.1. The van der Waals surface area contributed by atoms with Gasteiger partial charge in [0.2, 0.25) is 5.88 Å². The lowest BCUT2D eigenvalue weighted by Gasteiger charge is -2.32. The molecule has 1 fully saturated rings. The van der Waals surface area contributed by atoms with E-state index >= 15 is 0 Å². The zero-order valence-corrected chi connectivity index (χ0v) is 12.2. The van der Waals surface area contributed by atoms with Crippen LogP contribution >= 0.6 is 0 Å². The molecule has 3 aliphatic rings. The number of fused-ring (bicyclic) bond motifs is 1. The fourth-order valence-electron chi connectivity index (χ4n) is 2.80. The van der Waals surface area contributed by atoms with E-state index in [2.05, 4.69) is 39.7 Å². The van der Waals surface area contributed by atoms with Gasteiger partial charge < -0.3 is 9.64 Å². The van der Waals surface area contributed by atoms with E-state index in [1.807, 2.05) is 18.2 Å². The van der Waals surface area contributed by atoms with Crippen LogP contribution < -0.4 is 5.43 Å². The summed E-state index contributed by atoms with van der Waals surface area (Å²) >= 11 is 0. The molecule has 110 valence electrons. The highest BCUT2D eigenvalue weighted by atomic mass is 16.5. The summed E-state index contributed by atoms with van der Waals surface area (Å²) in [6.07, 6.45) is 7.17. The van der Waals surface area contributed by atoms with Gasteiger partial charge in [-0.3, -0.25) is 10.4 Å². The van der Waals surface area contributed by atoms with Crippen molar-refractivity contribution in [2.45, 2.75) is 19.4 Å². The highest BCUT2D eigenvalue weighted by Crippen LogP contribution is 2.31. The molecule has 0 saturated heterocycles. The van der Waals surface area contributed by atoms with Gasteiger partial charge in [0, 0.05) is 25.4 Å². The first-order valence-corrected chi connectivity index (χ1v) is 7.75. The molecule has 4 rings (SSSR count). The summed E-state index contributed by atoms with van der Waals surface area (Å²) in [5, 5.41) is 2.17. The molecule has 2 heterocycles. The van der Waals surface area contributed by atoms with E-state index in [1.54, 1.807) is 0 Å². The fourth-order valence-corrected chi connectivity index (χ4v) is 2.80. The third kappa shape index (κ3) is 2.99. The number of nitrogens with one attached hydrogen (secondary N) is 1. The van der Waals surface area contributed by atoms with Crippen LogP contribution in [-0.2, 0) is 11.3 Å². The van der Waals surface area contributed by atoms with Crippen molar-refractivity contribution in [1.29, 1.82) is 0 Å². The lowest BCUT2D eigenvalue weighted by molar-refractivity contribution is 0.131. The Hall–Kier alpha value is -2.10. The third-order valence-corrected chi connectivity index (χ3v) is 4.19. The Labute approximate surface area is 125 Å². The molecule has 4 nitrogen and oxygen atoms in total. The SMILES string of the molecule is C1=C(OCc2ccccc2)NN2CCN(CC3CC3)C=C12. The zero-order valence-electron chi connectivity index (χ0n) is 12.2. The second-order valence-electron chi connectivity index (χ2n) is 6.04. The maximum atomic E-state index is 5.86. The molecule has 1 aromatic rings. The Morgan fingerprint density at radius 1 is 1.14 bits per heavy atom. The summed E-state index contributed by atoms with van der Waals surface area (Å²) in [4.78, 5) is 2.45. The largest absolute Gasteiger partial charge is 0.473 e. The van der Waals surface area contributed by atoms with E-state index in [9.17, 15) is 0 Å². The molecule has 0 amide bonds. The van der Waals surface area contributed by atoms with Crippen LogP contribution in [0.5, 0.6) is 0 Å². The number of rotatable bonds is 5. The number of allylic oxidation sites excluding steroid dienone is 1. The van der Waals surface area contributed by atoms with Crippen LogP contribution in [0.3, 0.4) is 0 Å². The number of ether oxygens (including phenoxy) is 1. The Bertz CT molecular complexity index is 563. The highest BCUT2D eigenvalue weighted by Gasteiger charge is 2.28. The lowest BCUT2D eigenvalue weighted by atomic mass is 10.2. The van der Waals surface area contributed by atoms with Crippen molar-refractivity contribution in [3.8, 4) is 0 Å². The van der Waals surface area contributed by atoms with Gasteiger partial charge >= 0.3 is 0 Å². The molecule has 1 saturated carbocycles. The molecule has 0 aromatic heterocycles. The monoisotopic (exact) mass is 283 g/mol. The molecule has 2 aliphatic heterocycles. The van der Waals surface area contributed by atoms with Gasteiger partial charge in [0.1, 0.15) is 6.61 Å². The minimum absolute atomic E-state index is 0.604. The van der Waals surface area contributed by atoms with E-state index in [1.165, 1.54) is 30.6 Å². The molecule has 0 atom stereocenters. The summed E-state index contributed by atoms with van der Waals surface area (Å²) in [6.45, 7) is 3.91. The topological polar surface area (TPSA) is 27.7 Å². The van der Waals surface area contributed by atoms with Gasteiger partial charge in [0.25, 0.3) is 0 Å². The molecule has 4 heteroatoms. The van der Waals surface area contributed by atoms with E-state index in [0.717, 1.165) is 24.9 Å². The first kappa shape index (κ1) is 12.6. The van der Waals surface area contributed by atoms with Gasteiger partial charge in [0.05, 0.1) is 12.2 Å². The molecule has 0 radical (unpaired) electrons. The molecule has 1 N–H and O–H groups in total. The number of nitrogens with zero attached hydrogens (tertiary/aromatic N) is 2. The van der Waals surface area contributed by atoms with Crippen LogP contribution in [0, 0.1) is 5.92 Å². The second-order valence-corrected chi connectivity index (χ2v) is 6.04. The fraction of sp³-hybridized carbons (Fsp3) is 0.412. The number of hydrogen-bond acceptors (Lipinski definition) is 4. The molecular formula is C17H21N3O. The Morgan fingerprint density at radius 2 is 2.00 bits per heavy atom. The summed E-state index contributed by atoms with van der Waals surface area (Å²) in [5.74, 6) is 1.78. The molecule has 0 unspecified atom stereocenters. The van der Waals surface area contributed by atoms with Gasteiger partial charge in [-0.2, -0.15) is 0 Å². The van der Waals surface area contributed by atoms with E-state index in [-0.39, 0.29) is 0 Å². The molecule has 1 aliphatic carbocycles. The molecular weight excluding hydrogens is 262 g/mol. The minimum Gasteiger partial charge on any atom is -0.473 e. The van der Waals surface area contributed by atoms with Gasteiger partial charge in [-0.25, -0.2) is 0 Å². The molecule has 1 aromatic carbocycles. The summed E-state index contributed by atoms with van der Waals surface area (Å²) in [6, 6.07) is 10.3. The number of hydrogen-bond donors (Lipinski definition) is 1. The highest BCUT2D eigenvalue weighted by molar-refractivity contribution is 5.26. The second kappa shape index (κ2) is 5.35. The van der Waals surface area contributed by atoms with Gasteiger partial charge in [-0.1, -0.05) is 30.3 Å². The van der Waals surface area contributed by atoms with E-state index in [4.69, 9.17) is 4.74 Å². The molecule has 0 bridgehead atoms. The van der Waals surface area contributed by atoms with Gasteiger partial charge in [0.15, 0.2) is 0 Å². The van der Waals surface area contributed by atoms with Gasteiger partial charge in [-0.15, -0.1) is 0 Å². The van der Waals surface area contributed by atoms with Crippen LogP contribution in [0.25, 0.3) is 0 Å². The van der Waals surface area contributed by atoms with E-state index in [0.29, 0.717) is 6.61 Å². The maximum Gasteiger partial charge on any atom is 0.208 e. The maximum absolute atomic E-state index is 5.86. The number of benzene rings is 1. The summed E-state index contributed by atoms with van der Waals surface area (Å²) in [7, 11) is 0.